The highest BCUT2D eigenvalue weighted by molar-refractivity contribution is 9.11. The molecule has 0 bridgehead atoms. The molecule has 4 heteroatoms. The maximum atomic E-state index is 8.33. The average Bonchev–Trinajstić information content (AvgIpc) is 2.58. The van der Waals surface area contributed by atoms with Gasteiger partial charge in [0.1, 0.15) is 0 Å². The van der Waals surface area contributed by atoms with Crippen molar-refractivity contribution in [1.82, 2.24) is 5.32 Å². The summed E-state index contributed by atoms with van der Waals surface area (Å²) < 4.78 is 1.18. The van der Waals surface area contributed by atoms with Crippen LogP contribution in [0.2, 0.25) is 0 Å². The van der Waals surface area contributed by atoms with E-state index in [0.29, 0.717) is 6.42 Å². The van der Waals surface area contributed by atoms with Gasteiger partial charge in [-0.3, -0.25) is 0 Å². The molecule has 0 saturated heterocycles. The van der Waals surface area contributed by atoms with Gasteiger partial charge in [0.15, 0.2) is 0 Å². The highest BCUT2D eigenvalue weighted by atomic mass is 79.9. The second kappa shape index (κ2) is 6.99. The molecule has 0 unspecified atom stereocenters. The van der Waals surface area contributed by atoms with E-state index in [1.165, 1.54) is 8.66 Å². The van der Waals surface area contributed by atoms with Gasteiger partial charge in [0.2, 0.25) is 0 Å². The summed E-state index contributed by atoms with van der Waals surface area (Å²) >= 11 is 5.19. The number of nitrogens with one attached hydrogen (secondary N) is 1. The molecular formula is C10H13BrN2S. The van der Waals surface area contributed by atoms with Crippen LogP contribution >= 0.6 is 27.3 Å². The topological polar surface area (TPSA) is 35.8 Å². The molecule has 14 heavy (non-hydrogen) atoms. The molecule has 1 aromatic heterocycles. The molecule has 1 N–H and O–H groups in total. The average molecular weight is 273 g/mol. The third-order valence-electron chi connectivity index (χ3n) is 1.82. The summed E-state index contributed by atoms with van der Waals surface area (Å²) in [5.41, 5.74) is 0. The van der Waals surface area contributed by atoms with Crippen LogP contribution in [0.5, 0.6) is 0 Å². The lowest BCUT2D eigenvalue weighted by Gasteiger charge is -2.00. The second-order valence-electron chi connectivity index (χ2n) is 3.00. The predicted molar refractivity (Wildman–Crippen MR) is 63.2 cm³/mol. The standard InChI is InChI=1S/C10H13BrN2S/c11-10-5-4-9(14-10)8-13-7-3-1-2-6-12/h4-5,13H,1-3,7-8H2. The third kappa shape index (κ3) is 4.75. The fraction of sp³-hybridized carbons (Fsp3) is 0.500. The number of nitriles is 1. The molecule has 0 spiro atoms. The van der Waals surface area contributed by atoms with Crippen molar-refractivity contribution in [2.75, 3.05) is 6.54 Å². The zero-order chi connectivity index (χ0) is 10.2. The van der Waals surface area contributed by atoms with Gasteiger partial charge >= 0.3 is 0 Å². The van der Waals surface area contributed by atoms with E-state index in [-0.39, 0.29) is 0 Å². The van der Waals surface area contributed by atoms with Crippen LogP contribution in [0.25, 0.3) is 0 Å². The fourth-order valence-electron chi connectivity index (χ4n) is 1.11. The van der Waals surface area contributed by atoms with E-state index < -0.39 is 0 Å². The van der Waals surface area contributed by atoms with Gasteiger partial charge in [0.05, 0.1) is 9.86 Å². The molecule has 2 nitrogen and oxygen atoms in total. The van der Waals surface area contributed by atoms with Crippen LogP contribution in [0.15, 0.2) is 15.9 Å². The maximum Gasteiger partial charge on any atom is 0.0701 e. The number of hydrogen-bond donors (Lipinski definition) is 1. The molecule has 0 aliphatic carbocycles. The molecule has 0 aromatic carbocycles. The monoisotopic (exact) mass is 272 g/mol. The zero-order valence-corrected chi connectivity index (χ0v) is 10.3. The van der Waals surface area contributed by atoms with Crippen LogP contribution in [0.3, 0.4) is 0 Å². The molecule has 1 rings (SSSR count). The van der Waals surface area contributed by atoms with E-state index in [9.17, 15) is 0 Å². The lowest BCUT2D eigenvalue weighted by molar-refractivity contribution is 0.632. The van der Waals surface area contributed by atoms with Gasteiger partial charge in [0.25, 0.3) is 0 Å². The van der Waals surface area contributed by atoms with Crippen molar-refractivity contribution in [3.05, 3.63) is 20.8 Å². The quantitative estimate of drug-likeness (QED) is 0.807. The summed E-state index contributed by atoms with van der Waals surface area (Å²) in [6.45, 7) is 1.93. The van der Waals surface area contributed by atoms with Crippen molar-refractivity contribution >= 4 is 27.3 Å². The van der Waals surface area contributed by atoms with Gasteiger partial charge in [0, 0.05) is 17.8 Å². The van der Waals surface area contributed by atoms with E-state index in [4.69, 9.17) is 5.26 Å². The van der Waals surface area contributed by atoms with E-state index in [2.05, 4.69) is 39.4 Å². The number of halogens is 1. The lowest BCUT2D eigenvalue weighted by atomic mass is 10.2. The van der Waals surface area contributed by atoms with Crippen LogP contribution in [-0.2, 0) is 6.54 Å². The van der Waals surface area contributed by atoms with Crippen molar-refractivity contribution in [1.29, 1.82) is 5.26 Å². The fourth-order valence-corrected chi connectivity index (χ4v) is 2.57. The first kappa shape index (κ1) is 11.7. The Morgan fingerprint density at radius 2 is 2.29 bits per heavy atom. The highest BCUT2D eigenvalue weighted by Gasteiger charge is 1.96. The Bertz CT molecular complexity index is 303. The van der Waals surface area contributed by atoms with Crippen LogP contribution in [-0.4, -0.2) is 6.54 Å². The first-order chi connectivity index (χ1) is 6.83. The smallest absolute Gasteiger partial charge is 0.0701 e. The summed E-state index contributed by atoms with van der Waals surface area (Å²) in [7, 11) is 0. The minimum Gasteiger partial charge on any atom is -0.312 e. The molecule has 76 valence electrons. The molecule has 0 aliphatic heterocycles. The summed E-state index contributed by atoms with van der Waals surface area (Å²) in [4.78, 5) is 1.34. The molecule has 0 amide bonds. The van der Waals surface area contributed by atoms with E-state index >= 15 is 0 Å². The van der Waals surface area contributed by atoms with Crippen LogP contribution in [0, 0.1) is 11.3 Å². The van der Waals surface area contributed by atoms with E-state index in [1.807, 2.05) is 0 Å². The summed E-state index contributed by atoms with van der Waals surface area (Å²) in [6, 6.07) is 6.34. The van der Waals surface area contributed by atoms with Crippen molar-refractivity contribution < 1.29 is 0 Å². The number of nitrogens with zero attached hydrogens (tertiary/aromatic N) is 1. The van der Waals surface area contributed by atoms with Crippen LogP contribution < -0.4 is 5.32 Å². The lowest BCUT2D eigenvalue weighted by Crippen LogP contribution is -2.13. The van der Waals surface area contributed by atoms with Crippen molar-refractivity contribution in [2.45, 2.75) is 25.8 Å². The molecule has 0 aliphatic rings. The summed E-state index contributed by atoms with van der Waals surface area (Å²) in [5.74, 6) is 0. The Kier molecular flexibility index (Phi) is 5.85. The molecular weight excluding hydrogens is 260 g/mol. The van der Waals surface area contributed by atoms with Crippen molar-refractivity contribution in [2.24, 2.45) is 0 Å². The van der Waals surface area contributed by atoms with Gasteiger partial charge < -0.3 is 5.32 Å². The summed E-state index contributed by atoms with van der Waals surface area (Å²) in [5, 5.41) is 11.7. The summed E-state index contributed by atoms with van der Waals surface area (Å²) in [6.07, 6.45) is 2.75. The molecule has 1 heterocycles. The first-order valence-electron chi connectivity index (χ1n) is 4.65. The third-order valence-corrected chi connectivity index (χ3v) is 3.44. The Morgan fingerprint density at radius 1 is 1.43 bits per heavy atom. The van der Waals surface area contributed by atoms with E-state index in [0.717, 1.165) is 25.9 Å². The zero-order valence-electron chi connectivity index (χ0n) is 7.92. The second-order valence-corrected chi connectivity index (χ2v) is 5.55. The number of thiophene rings is 1. The Labute approximate surface area is 97.1 Å². The minimum absolute atomic E-state index is 0.673. The maximum absolute atomic E-state index is 8.33. The van der Waals surface area contributed by atoms with Gasteiger partial charge in [-0.15, -0.1) is 11.3 Å². The normalized spacial score (nSPS) is 10.0. The van der Waals surface area contributed by atoms with Gasteiger partial charge in [-0.05, 0) is 47.4 Å². The molecule has 1 aromatic rings. The number of hydrogen-bond acceptors (Lipinski definition) is 3. The van der Waals surface area contributed by atoms with Gasteiger partial charge in [-0.2, -0.15) is 5.26 Å². The van der Waals surface area contributed by atoms with Crippen LogP contribution in [0.4, 0.5) is 0 Å². The Hall–Kier alpha value is -0.370. The van der Waals surface area contributed by atoms with E-state index in [1.54, 1.807) is 11.3 Å². The van der Waals surface area contributed by atoms with Crippen molar-refractivity contribution in [3.63, 3.8) is 0 Å². The number of rotatable bonds is 6. The predicted octanol–water partition coefficient (Wildman–Crippen LogP) is 3.29. The van der Waals surface area contributed by atoms with Gasteiger partial charge in [-0.25, -0.2) is 0 Å². The first-order valence-corrected chi connectivity index (χ1v) is 6.26. The molecule has 0 atom stereocenters. The Balaban J connectivity index is 2.02. The van der Waals surface area contributed by atoms with Crippen LogP contribution in [0.1, 0.15) is 24.1 Å². The highest BCUT2D eigenvalue weighted by Crippen LogP contribution is 2.21. The van der Waals surface area contributed by atoms with Crippen molar-refractivity contribution in [3.8, 4) is 6.07 Å². The molecule has 0 fully saturated rings. The van der Waals surface area contributed by atoms with Gasteiger partial charge in [-0.1, -0.05) is 0 Å². The SMILES string of the molecule is N#CCCCCNCc1ccc(Br)s1. The minimum atomic E-state index is 0.673. The largest absolute Gasteiger partial charge is 0.312 e. The molecule has 0 saturated carbocycles. The number of unbranched alkanes of at least 4 members (excludes halogenated alkanes) is 2. The Morgan fingerprint density at radius 3 is 2.93 bits per heavy atom. The molecule has 0 radical (unpaired) electrons.